The number of hydrogen-bond donors (Lipinski definition) is 1. The van der Waals surface area contributed by atoms with Gasteiger partial charge in [0, 0.05) is 18.2 Å². The van der Waals surface area contributed by atoms with Crippen molar-refractivity contribution < 1.29 is 9.32 Å². The van der Waals surface area contributed by atoms with Crippen LogP contribution in [-0.2, 0) is 24.2 Å². The molecule has 28 heavy (non-hydrogen) atoms. The van der Waals surface area contributed by atoms with Crippen LogP contribution in [0.2, 0.25) is 0 Å². The number of benzene rings is 1. The van der Waals surface area contributed by atoms with Gasteiger partial charge in [-0.3, -0.25) is 9.20 Å². The zero-order valence-electron chi connectivity index (χ0n) is 15.7. The number of carbonyl (C=O) groups excluding carboxylic acids is 1. The number of nitrogens with zero attached hydrogens (tertiary/aromatic N) is 5. The van der Waals surface area contributed by atoms with E-state index in [0.29, 0.717) is 42.6 Å². The van der Waals surface area contributed by atoms with Crippen molar-refractivity contribution in [1.29, 1.82) is 0 Å². The molecule has 0 aliphatic rings. The lowest BCUT2D eigenvalue weighted by Gasteiger charge is -2.05. The van der Waals surface area contributed by atoms with Gasteiger partial charge in [0.2, 0.25) is 5.91 Å². The van der Waals surface area contributed by atoms with Crippen molar-refractivity contribution in [3.05, 3.63) is 65.4 Å². The molecule has 4 rings (SSSR count). The molecule has 0 atom stereocenters. The van der Waals surface area contributed by atoms with Crippen molar-refractivity contribution in [2.24, 2.45) is 0 Å². The van der Waals surface area contributed by atoms with Gasteiger partial charge in [-0.25, -0.2) is 0 Å². The van der Waals surface area contributed by atoms with Crippen LogP contribution in [0.5, 0.6) is 0 Å². The molecule has 0 fully saturated rings. The van der Waals surface area contributed by atoms with Crippen molar-refractivity contribution in [2.75, 3.05) is 0 Å². The summed E-state index contributed by atoms with van der Waals surface area (Å²) in [5.74, 6) is 1.71. The molecule has 1 N–H and O–H groups in total. The van der Waals surface area contributed by atoms with E-state index in [4.69, 9.17) is 4.52 Å². The largest absolute Gasteiger partial charge is 0.348 e. The first-order valence-corrected chi connectivity index (χ1v) is 9.11. The van der Waals surface area contributed by atoms with Gasteiger partial charge >= 0.3 is 0 Å². The lowest BCUT2D eigenvalue weighted by molar-refractivity contribution is -0.120. The lowest BCUT2D eigenvalue weighted by Crippen LogP contribution is -2.25. The van der Waals surface area contributed by atoms with E-state index in [9.17, 15) is 4.79 Å². The average Bonchev–Trinajstić information content (AvgIpc) is 3.34. The summed E-state index contributed by atoms with van der Waals surface area (Å²) in [6, 6.07) is 11.6. The first-order chi connectivity index (χ1) is 13.6. The molecular weight excluding hydrogens is 356 g/mol. The normalized spacial score (nSPS) is 11.1. The number of carbonyl (C=O) groups is 1. The second kappa shape index (κ2) is 7.59. The molecule has 8 nitrogen and oxygen atoms in total. The van der Waals surface area contributed by atoms with Gasteiger partial charge in [-0.1, -0.05) is 41.9 Å². The van der Waals surface area contributed by atoms with Crippen LogP contribution in [0.3, 0.4) is 0 Å². The monoisotopic (exact) mass is 376 g/mol. The van der Waals surface area contributed by atoms with E-state index in [1.807, 2.05) is 60.8 Å². The Morgan fingerprint density at radius 3 is 2.75 bits per heavy atom. The number of pyridine rings is 1. The molecule has 4 aromatic rings. The fourth-order valence-corrected chi connectivity index (χ4v) is 2.84. The second-order valence-electron chi connectivity index (χ2n) is 6.57. The number of nitrogens with one attached hydrogen (secondary N) is 1. The molecule has 0 aliphatic carbocycles. The standard InChI is InChI=1S/C20H20N6O2/c1-3-16-22-20(28-25-16)15-8-9-26-17(11-15)23-24-18(26)12-21-19(27)10-14-6-4-13(2)5-7-14/h4-9,11H,3,10,12H2,1-2H3,(H,21,27). The quantitative estimate of drug-likeness (QED) is 0.555. The number of rotatable bonds is 6. The van der Waals surface area contributed by atoms with Crippen LogP contribution in [0.1, 0.15) is 29.7 Å². The molecule has 0 bridgehead atoms. The maximum Gasteiger partial charge on any atom is 0.258 e. The molecule has 3 heterocycles. The van der Waals surface area contributed by atoms with Gasteiger partial charge in [0.05, 0.1) is 13.0 Å². The lowest BCUT2D eigenvalue weighted by atomic mass is 10.1. The molecule has 142 valence electrons. The predicted octanol–water partition coefficient (Wildman–Crippen LogP) is 2.51. The first-order valence-electron chi connectivity index (χ1n) is 9.11. The molecule has 0 saturated heterocycles. The summed E-state index contributed by atoms with van der Waals surface area (Å²) in [6.45, 7) is 4.29. The van der Waals surface area contributed by atoms with E-state index in [1.165, 1.54) is 5.56 Å². The average molecular weight is 376 g/mol. The number of hydrogen-bond acceptors (Lipinski definition) is 6. The Balaban J connectivity index is 1.44. The topological polar surface area (TPSA) is 98.2 Å². The third kappa shape index (κ3) is 3.75. The minimum Gasteiger partial charge on any atom is -0.348 e. The summed E-state index contributed by atoms with van der Waals surface area (Å²) >= 11 is 0. The van der Waals surface area contributed by atoms with Crippen molar-refractivity contribution in [3.63, 3.8) is 0 Å². The highest BCUT2D eigenvalue weighted by Gasteiger charge is 2.12. The van der Waals surface area contributed by atoms with E-state index in [2.05, 4.69) is 25.7 Å². The zero-order chi connectivity index (χ0) is 19.5. The van der Waals surface area contributed by atoms with E-state index >= 15 is 0 Å². The maximum absolute atomic E-state index is 12.2. The van der Waals surface area contributed by atoms with Crippen LogP contribution >= 0.6 is 0 Å². The van der Waals surface area contributed by atoms with Crippen molar-refractivity contribution in [1.82, 2.24) is 30.1 Å². The van der Waals surface area contributed by atoms with Crippen LogP contribution in [0.25, 0.3) is 17.1 Å². The molecular formula is C20H20N6O2. The fraction of sp³-hybridized carbons (Fsp3) is 0.250. The SMILES string of the molecule is CCc1noc(-c2ccn3c(CNC(=O)Cc4ccc(C)cc4)nnc3c2)n1. The third-order valence-electron chi connectivity index (χ3n) is 4.44. The molecule has 8 heteroatoms. The molecule has 3 aromatic heterocycles. The van der Waals surface area contributed by atoms with Crippen molar-refractivity contribution in [2.45, 2.75) is 33.2 Å². The summed E-state index contributed by atoms with van der Waals surface area (Å²) < 4.78 is 7.09. The van der Waals surface area contributed by atoms with Gasteiger partial charge in [-0.05, 0) is 24.6 Å². The van der Waals surface area contributed by atoms with E-state index in [1.54, 1.807) is 0 Å². The van der Waals surface area contributed by atoms with Crippen LogP contribution in [0, 0.1) is 6.92 Å². The molecule has 0 aliphatic heterocycles. The fourth-order valence-electron chi connectivity index (χ4n) is 2.84. The summed E-state index contributed by atoms with van der Waals surface area (Å²) in [4.78, 5) is 16.5. The predicted molar refractivity (Wildman–Crippen MR) is 102 cm³/mol. The van der Waals surface area contributed by atoms with E-state index in [-0.39, 0.29) is 5.91 Å². The molecule has 0 radical (unpaired) electrons. The van der Waals surface area contributed by atoms with Gasteiger partial charge in [0.1, 0.15) is 0 Å². The molecule has 1 aromatic carbocycles. The molecule has 0 spiro atoms. The van der Waals surface area contributed by atoms with Gasteiger partial charge in [-0.2, -0.15) is 4.98 Å². The highest BCUT2D eigenvalue weighted by Crippen LogP contribution is 2.19. The first kappa shape index (κ1) is 17.8. The Bertz CT molecular complexity index is 1110. The Labute approximate surface area is 161 Å². The van der Waals surface area contributed by atoms with Gasteiger partial charge < -0.3 is 9.84 Å². The van der Waals surface area contributed by atoms with E-state index < -0.39 is 0 Å². The summed E-state index contributed by atoms with van der Waals surface area (Å²) in [5, 5.41) is 15.2. The van der Waals surface area contributed by atoms with Crippen molar-refractivity contribution >= 4 is 11.6 Å². The smallest absolute Gasteiger partial charge is 0.258 e. The highest BCUT2D eigenvalue weighted by atomic mass is 16.5. The molecule has 1 amide bonds. The summed E-state index contributed by atoms with van der Waals surface area (Å²) in [6.07, 6.45) is 2.88. The Hall–Kier alpha value is -3.55. The number of aromatic nitrogens is 5. The maximum atomic E-state index is 12.2. The molecule has 0 saturated carbocycles. The van der Waals surface area contributed by atoms with E-state index in [0.717, 1.165) is 11.1 Å². The minimum absolute atomic E-state index is 0.0600. The van der Waals surface area contributed by atoms with Gasteiger partial charge in [0.25, 0.3) is 5.89 Å². The van der Waals surface area contributed by atoms with Crippen LogP contribution in [-0.4, -0.2) is 30.6 Å². The summed E-state index contributed by atoms with van der Waals surface area (Å²) in [7, 11) is 0. The second-order valence-corrected chi connectivity index (χ2v) is 6.57. The number of fused-ring (bicyclic) bond motifs is 1. The van der Waals surface area contributed by atoms with Crippen molar-refractivity contribution in [3.8, 4) is 11.5 Å². The Morgan fingerprint density at radius 1 is 1.18 bits per heavy atom. The zero-order valence-corrected chi connectivity index (χ0v) is 15.7. The molecule has 0 unspecified atom stereocenters. The van der Waals surface area contributed by atoms with Crippen LogP contribution in [0.15, 0.2) is 47.1 Å². The van der Waals surface area contributed by atoms with Crippen LogP contribution < -0.4 is 5.32 Å². The number of aryl methyl sites for hydroxylation is 2. The number of amides is 1. The van der Waals surface area contributed by atoms with Gasteiger partial charge in [0.15, 0.2) is 17.3 Å². The minimum atomic E-state index is -0.0600. The van der Waals surface area contributed by atoms with Crippen LogP contribution in [0.4, 0.5) is 0 Å². The Morgan fingerprint density at radius 2 is 2.00 bits per heavy atom. The summed E-state index contributed by atoms with van der Waals surface area (Å²) in [5.41, 5.74) is 3.58. The highest BCUT2D eigenvalue weighted by molar-refractivity contribution is 5.78. The third-order valence-corrected chi connectivity index (χ3v) is 4.44. The Kier molecular flexibility index (Phi) is 4.84. The van der Waals surface area contributed by atoms with Gasteiger partial charge in [-0.15, -0.1) is 10.2 Å².